The summed E-state index contributed by atoms with van der Waals surface area (Å²) in [6.07, 6.45) is 0.579. The highest BCUT2D eigenvalue weighted by Crippen LogP contribution is 2.28. The van der Waals surface area contributed by atoms with E-state index in [9.17, 15) is 8.42 Å². The van der Waals surface area contributed by atoms with Crippen molar-refractivity contribution in [1.82, 2.24) is 0 Å². The van der Waals surface area contributed by atoms with Gasteiger partial charge in [0.25, 0.3) is 9.05 Å². The summed E-state index contributed by atoms with van der Waals surface area (Å²) in [7, 11) is 1.47. The van der Waals surface area contributed by atoms with Gasteiger partial charge in [-0.25, -0.2) is 8.42 Å². The van der Waals surface area contributed by atoms with E-state index in [1.807, 2.05) is 13.0 Å². The second-order valence-electron chi connectivity index (χ2n) is 2.84. The summed E-state index contributed by atoms with van der Waals surface area (Å²) >= 11 is 3.07. The minimum Gasteiger partial charge on any atom is -0.207 e. The highest BCUT2D eigenvalue weighted by Gasteiger charge is 2.17. The fraction of sp³-hybridized carbons (Fsp3) is 0.222. The minimum atomic E-state index is -3.78. The predicted molar refractivity (Wildman–Crippen MR) is 61.3 cm³/mol. The van der Waals surface area contributed by atoms with E-state index in [-0.39, 0.29) is 4.90 Å². The standard InChI is InChI=1S/C9H7BrClNO2S/c1-2-6-4-9(15(11,13)14)8(10)3-7(6)5-12/h3-4H,2H2,1H3. The third kappa shape index (κ3) is 2.71. The largest absolute Gasteiger partial charge is 0.262 e. The van der Waals surface area contributed by atoms with Crippen molar-refractivity contribution < 1.29 is 8.42 Å². The second-order valence-corrected chi connectivity index (χ2v) is 6.23. The Hall–Kier alpha value is -0.570. The van der Waals surface area contributed by atoms with Gasteiger partial charge in [-0.15, -0.1) is 0 Å². The van der Waals surface area contributed by atoms with Crippen LogP contribution in [0.5, 0.6) is 0 Å². The maximum absolute atomic E-state index is 11.2. The Balaban J connectivity index is 3.55. The molecule has 0 radical (unpaired) electrons. The Morgan fingerprint density at radius 2 is 2.13 bits per heavy atom. The number of hydrogen-bond donors (Lipinski definition) is 0. The minimum absolute atomic E-state index is 0.0000154. The first-order valence-corrected chi connectivity index (χ1v) is 7.17. The lowest BCUT2D eigenvalue weighted by atomic mass is 10.1. The summed E-state index contributed by atoms with van der Waals surface area (Å²) in [4.78, 5) is 0.0000154. The maximum atomic E-state index is 11.2. The smallest absolute Gasteiger partial charge is 0.207 e. The molecule has 0 saturated carbocycles. The Bertz CT molecular complexity index is 534. The SMILES string of the molecule is CCc1cc(S(=O)(=O)Cl)c(Br)cc1C#N. The van der Waals surface area contributed by atoms with E-state index in [0.717, 1.165) is 0 Å². The third-order valence-electron chi connectivity index (χ3n) is 1.92. The monoisotopic (exact) mass is 307 g/mol. The van der Waals surface area contributed by atoms with Gasteiger partial charge in [-0.05, 0) is 40.0 Å². The molecule has 0 aliphatic heterocycles. The number of aryl methyl sites for hydroxylation is 1. The van der Waals surface area contributed by atoms with Crippen LogP contribution in [0, 0.1) is 11.3 Å². The van der Waals surface area contributed by atoms with Crippen LogP contribution in [0.3, 0.4) is 0 Å². The van der Waals surface area contributed by atoms with Crippen LogP contribution in [-0.4, -0.2) is 8.42 Å². The summed E-state index contributed by atoms with van der Waals surface area (Å²) in [6, 6.07) is 4.89. The van der Waals surface area contributed by atoms with E-state index >= 15 is 0 Å². The van der Waals surface area contributed by atoms with Crippen LogP contribution < -0.4 is 0 Å². The van der Waals surface area contributed by atoms with E-state index < -0.39 is 9.05 Å². The molecule has 0 aliphatic carbocycles. The zero-order valence-corrected chi connectivity index (χ0v) is 10.9. The molecule has 1 aromatic carbocycles. The summed E-state index contributed by atoms with van der Waals surface area (Å²) in [5, 5.41) is 8.81. The zero-order valence-electron chi connectivity index (χ0n) is 7.79. The highest BCUT2D eigenvalue weighted by molar-refractivity contribution is 9.10. The molecule has 0 fully saturated rings. The van der Waals surface area contributed by atoms with E-state index in [1.165, 1.54) is 12.1 Å². The molecule has 0 saturated heterocycles. The van der Waals surface area contributed by atoms with Gasteiger partial charge < -0.3 is 0 Å². The van der Waals surface area contributed by atoms with Gasteiger partial charge in [0.05, 0.1) is 16.5 Å². The number of nitrogens with zero attached hydrogens (tertiary/aromatic N) is 1. The molecule has 0 aromatic heterocycles. The number of nitriles is 1. The fourth-order valence-electron chi connectivity index (χ4n) is 1.18. The molecule has 0 unspecified atom stereocenters. The van der Waals surface area contributed by atoms with E-state index in [4.69, 9.17) is 15.9 Å². The Kier molecular flexibility index (Phi) is 3.77. The van der Waals surface area contributed by atoms with Crippen LogP contribution in [0.4, 0.5) is 0 Å². The van der Waals surface area contributed by atoms with Crippen LogP contribution >= 0.6 is 26.6 Å². The fourth-order valence-corrected chi connectivity index (χ4v) is 3.40. The van der Waals surface area contributed by atoms with Crippen LogP contribution in [-0.2, 0) is 15.5 Å². The van der Waals surface area contributed by atoms with Crippen molar-refractivity contribution in [3.05, 3.63) is 27.7 Å². The van der Waals surface area contributed by atoms with E-state index in [2.05, 4.69) is 15.9 Å². The highest BCUT2D eigenvalue weighted by atomic mass is 79.9. The molecule has 0 amide bonds. The van der Waals surface area contributed by atoms with Crippen molar-refractivity contribution in [3.8, 4) is 6.07 Å². The summed E-state index contributed by atoms with van der Waals surface area (Å²) in [6.45, 7) is 1.84. The average molecular weight is 309 g/mol. The van der Waals surface area contributed by atoms with Gasteiger partial charge in [-0.2, -0.15) is 5.26 Å². The first-order valence-electron chi connectivity index (χ1n) is 4.07. The van der Waals surface area contributed by atoms with Crippen LogP contribution in [0.15, 0.2) is 21.5 Å². The lowest BCUT2D eigenvalue weighted by molar-refractivity contribution is 0.609. The molecule has 0 N–H and O–H groups in total. The molecule has 80 valence electrons. The molecule has 1 rings (SSSR count). The van der Waals surface area contributed by atoms with Crippen molar-refractivity contribution in [2.45, 2.75) is 18.2 Å². The molecule has 3 nitrogen and oxygen atoms in total. The average Bonchev–Trinajstić information content (AvgIpc) is 2.15. The van der Waals surface area contributed by atoms with Crippen molar-refractivity contribution in [3.63, 3.8) is 0 Å². The van der Waals surface area contributed by atoms with Crippen molar-refractivity contribution in [1.29, 1.82) is 5.26 Å². The van der Waals surface area contributed by atoms with Crippen molar-refractivity contribution in [2.24, 2.45) is 0 Å². The second kappa shape index (κ2) is 4.52. The van der Waals surface area contributed by atoms with Crippen molar-refractivity contribution >= 4 is 35.7 Å². The van der Waals surface area contributed by atoms with Gasteiger partial charge in [-0.1, -0.05) is 6.92 Å². The van der Waals surface area contributed by atoms with Crippen LogP contribution in [0.1, 0.15) is 18.1 Å². The Morgan fingerprint density at radius 3 is 2.53 bits per heavy atom. The van der Waals surface area contributed by atoms with Gasteiger partial charge in [0.1, 0.15) is 0 Å². The predicted octanol–water partition coefficient (Wildman–Crippen LogP) is 2.81. The first-order chi connectivity index (χ1) is 6.90. The van der Waals surface area contributed by atoms with E-state index in [0.29, 0.717) is 22.0 Å². The molecule has 15 heavy (non-hydrogen) atoms. The number of rotatable bonds is 2. The lowest BCUT2D eigenvalue weighted by Gasteiger charge is -2.05. The van der Waals surface area contributed by atoms with Gasteiger partial charge in [0.15, 0.2) is 0 Å². The molecular formula is C9H7BrClNO2S. The number of hydrogen-bond acceptors (Lipinski definition) is 3. The molecular weight excluding hydrogens is 302 g/mol. The third-order valence-corrected chi connectivity index (χ3v) is 4.20. The molecule has 0 spiro atoms. The lowest BCUT2D eigenvalue weighted by Crippen LogP contribution is -1.97. The van der Waals surface area contributed by atoms with Gasteiger partial charge in [0, 0.05) is 15.2 Å². The van der Waals surface area contributed by atoms with Gasteiger partial charge in [-0.3, -0.25) is 0 Å². The summed E-state index contributed by atoms with van der Waals surface area (Å²) in [5.74, 6) is 0. The Morgan fingerprint density at radius 1 is 1.53 bits per heavy atom. The Labute approximate surface area is 101 Å². The molecule has 0 heterocycles. The quantitative estimate of drug-likeness (QED) is 0.789. The zero-order chi connectivity index (χ0) is 11.6. The topological polar surface area (TPSA) is 57.9 Å². The number of benzene rings is 1. The maximum Gasteiger partial charge on any atom is 0.262 e. The van der Waals surface area contributed by atoms with Gasteiger partial charge in [0.2, 0.25) is 0 Å². The normalized spacial score (nSPS) is 11.1. The molecule has 6 heteroatoms. The first kappa shape index (κ1) is 12.5. The van der Waals surface area contributed by atoms with Crippen LogP contribution in [0.2, 0.25) is 0 Å². The van der Waals surface area contributed by atoms with E-state index in [1.54, 1.807) is 0 Å². The molecule has 0 bridgehead atoms. The summed E-state index contributed by atoms with van der Waals surface area (Å²) < 4.78 is 22.7. The van der Waals surface area contributed by atoms with Crippen molar-refractivity contribution in [2.75, 3.05) is 0 Å². The van der Waals surface area contributed by atoms with Crippen LogP contribution in [0.25, 0.3) is 0 Å². The molecule has 0 atom stereocenters. The summed E-state index contributed by atoms with van der Waals surface area (Å²) in [5.41, 5.74) is 1.12. The van der Waals surface area contributed by atoms with Gasteiger partial charge >= 0.3 is 0 Å². The number of halogens is 2. The molecule has 1 aromatic rings. The molecule has 0 aliphatic rings.